The van der Waals surface area contributed by atoms with E-state index in [4.69, 9.17) is 11.6 Å². The van der Waals surface area contributed by atoms with Gasteiger partial charge >= 0.3 is 0 Å². The molecule has 6 nitrogen and oxygen atoms in total. The topological polar surface area (TPSA) is 88.9 Å². The molecule has 0 N–H and O–H groups in total. The molecule has 1 heterocycles. The molecule has 0 spiro atoms. The number of allylic oxidation sites excluding steroid dienone is 1. The molecule has 0 saturated carbocycles. The van der Waals surface area contributed by atoms with Crippen LogP contribution in [0.1, 0.15) is 21.5 Å². The van der Waals surface area contributed by atoms with Crippen molar-refractivity contribution < 1.29 is 9.72 Å². The van der Waals surface area contributed by atoms with E-state index in [1.165, 1.54) is 30.3 Å². The van der Waals surface area contributed by atoms with Gasteiger partial charge < -0.3 is 4.57 Å². The summed E-state index contributed by atoms with van der Waals surface area (Å²) in [5, 5.41) is 22.2. The molecule has 1 aromatic heterocycles. The van der Waals surface area contributed by atoms with E-state index in [-0.39, 0.29) is 16.8 Å². The van der Waals surface area contributed by atoms with E-state index in [2.05, 4.69) is 0 Å². The molecule has 0 aliphatic carbocycles. The zero-order valence-corrected chi connectivity index (χ0v) is 17.5. The quantitative estimate of drug-likeness (QED) is 0.120. The molecule has 0 fully saturated rings. The molecule has 0 atom stereocenters. The number of benzene rings is 3. The van der Waals surface area contributed by atoms with Crippen molar-refractivity contribution >= 4 is 40.1 Å². The highest BCUT2D eigenvalue weighted by Gasteiger charge is 2.17. The van der Waals surface area contributed by atoms with Crippen LogP contribution in [0.4, 0.5) is 5.69 Å². The first-order valence-corrected chi connectivity index (χ1v) is 10.1. The van der Waals surface area contributed by atoms with Crippen molar-refractivity contribution in [2.24, 2.45) is 0 Å². The van der Waals surface area contributed by atoms with E-state index < -0.39 is 10.7 Å². The van der Waals surface area contributed by atoms with Crippen LogP contribution in [0.5, 0.6) is 0 Å². The van der Waals surface area contributed by atoms with Crippen LogP contribution in [0, 0.1) is 21.4 Å². The third-order valence-electron chi connectivity index (χ3n) is 5.10. The van der Waals surface area contributed by atoms with Crippen molar-refractivity contribution in [1.82, 2.24) is 4.57 Å². The maximum atomic E-state index is 12.9. The van der Waals surface area contributed by atoms with Crippen molar-refractivity contribution in [3.8, 4) is 6.07 Å². The highest BCUT2D eigenvalue weighted by atomic mass is 35.5. The maximum absolute atomic E-state index is 12.9. The Morgan fingerprint density at radius 2 is 1.84 bits per heavy atom. The fraction of sp³-hybridized carbons (Fsp3) is 0.0400. The van der Waals surface area contributed by atoms with Crippen LogP contribution in [0.3, 0.4) is 0 Å². The third-order valence-corrected chi connectivity index (χ3v) is 5.47. The molecule has 0 aliphatic rings. The van der Waals surface area contributed by atoms with Crippen LogP contribution >= 0.6 is 11.6 Å². The Labute approximate surface area is 188 Å². The summed E-state index contributed by atoms with van der Waals surface area (Å²) in [6, 6.07) is 22.5. The van der Waals surface area contributed by atoms with Gasteiger partial charge in [0, 0.05) is 51.9 Å². The van der Waals surface area contributed by atoms with Gasteiger partial charge in [0.25, 0.3) is 5.69 Å². The van der Waals surface area contributed by atoms with E-state index in [0.29, 0.717) is 17.1 Å². The number of carbonyl (C=O) groups excluding carboxylic acids is 1. The number of nitriles is 1. The number of nitro benzene ring substituents is 1. The summed E-state index contributed by atoms with van der Waals surface area (Å²) in [4.78, 5) is 23.4. The summed E-state index contributed by atoms with van der Waals surface area (Å²) >= 11 is 6.32. The molecular formula is C25H16ClN3O3. The lowest BCUT2D eigenvalue weighted by molar-refractivity contribution is -0.384. The highest BCUT2D eigenvalue weighted by Crippen LogP contribution is 2.27. The molecule has 4 rings (SSSR count). The average molecular weight is 442 g/mol. The minimum absolute atomic E-state index is 0.0896. The van der Waals surface area contributed by atoms with Gasteiger partial charge in [-0.15, -0.1) is 0 Å². The number of Topliss-reactive ketones (excluding diaryl/α,β-unsaturated/α-hetero) is 1. The maximum Gasteiger partial charge on any atom is 0.270 e. The summed E-state index contributed by atoms with van der Waals surface area (Å²) in [5.74, 6) is -0.570. The smallest absolute Gasteiger partial charge is 0.270 e. The number of nitrogens with zero attached hydrogens (tertiary/aromatic N) is 3. The molecule has 0 unspecified atom stereocenters. The molecule has 156 valence electrons. The van der Waals surface area contributed by atoms with Crippen molar-refractivity contribution in [3.63, 3.8) is 0 Å². The Kier molecular flexibility index (Phi) is 5.84. The Morgan fingerprint density at radius 1 is 1.09 bits per heavy atom. The Morgan fingerprint density at radius 3 is 2.59 bits per heavy atom. The van der Waals surface area contributed by atoms with Gasteiger partial charge in [0.05, 0.1) is 4.92 Å². The van der Waals surface area contributed by atoms with Crippen molar-refractivity contribution in [3.05, 3.63) is 116 Å². The van der Waals surface area contributed by atoms with Gasteiger partial charge in [-0.25, -0.2) is 0 Å². The monoisotopic (exact) mass is 441 g/mol. The lowest BCUT2D eigenvalue weighted by Gasteiger charge is -2.07. The SMILES string of the molecule is N#CC(=Cc1cn(Cc2ccccc2Cl)c2ccccc12)C(=O)c1cccc([N+](=O)[O-])c1. The minimum Gasteiger partial charge on any atom is -0.342 e. The van der Waals surface area contributed by atoms with Gasteiger partial charge in [0.2, 0.25) is 5.78 Å². The first-order valence-electron chi connectivity index (χ1n) is 9.70. The van der Waals surface area contributed by atoms with Crippen LogP contribution in [0.2, 0.25) is 5.02 Å². The largest absolute Gasteiger partial charge is 0.342 e. The van der Waals surface area contributed by atoms with Crippen LogP contribution < -0.4 is 0 Å². The second-order valence-corrected chi connectivity index (χ2v) is 7.53. The number of para-hydroxylation sites is 1. The van der Waals surface area contributed by atoms with Crippen LogP contribution in [0.25, 0.3) is 17.0 Å². The highest BCUT2D eigenvalue weighted by molar-refractivity contribution is 6.31. The lowest BCUT2D eigenvalue weighted by Crippen LogP contribution is -2.02. The minimum atomic E-state index is -0.575. The van der Waals surface area contributed by atoms with E-state index in [9.17, 15) is 20.2 Å². The second-order valence-electron chi connectivity index (χ2n) is 7.13. The molecular weight excluding hydrogens is 426 g/mol. The summed E-state index contributed by atoms with van der Waals surface area (Å²) in [6.45, 7) is 0.523. The summed E-state index contributed by atoms with van der Waals surface area (Å²) in [5.41, 5.74) is 2.35. The van der Waals surface area contributed by atoms with Gasteiger partial charge in [-0.1, -0.05) is 60.1 Å². The second kappa shape index (κ2) is 8.88. The standard InChI is InChI=1S/C25H16ClN3O3/c26-23-10-3-1-6-18(23)15-28-16-20(22-9-2-4-11-24(22)28)12-19(14-27)25(30)17-7-5-8-21(13-17)29(31)32/h1-13,16H,15H2. The number of hydrogen-bond acceptors (Lipinski definition) is 4. The number of fused-ring (bicyclic) bond motifs is 1. The van der Waals surface area contributed by atoms with Crippen molar-refractivity contribution in [2.45, 2.75) is 6.54 Å². The van der Waals surface area contributed by atoms with Gasteiger partial charge in [0.1, 0.15) is 11.6 Å². The van der Waals surface area contributed by atoms with E-state index in [1.54, 1.807) is 0 Å². The Bertz CT molecular complexity index is 1430. The van der Waals surface area contributed by atoms with E-state index in [1.807, 2.05) is 65.4 Å². The van der Waals surface area contributed by atoms with Crippen LogP contribution in [-0.2, 0) is 6.54 Å². The molecule has 0 amide bonds. The zero-order chi connectivity index (χ0) is 22.7. The fourth-order valence-corrected chi connectivity index (χ4v) is 3.75. The molecule has 0 aliphatic heterocycles. The van der Waals surface area contributed by atoms with Crippen LogP contribution in [-0.4, -0.2) is 15.3 Å². The summed E-state index contributed by atoms with van der Waals surface area (Å²) in [6.07, 6.45) is 3.39. The van der Waals surface area contributed by atoms with Gasteiger partial charge in [-0.05, 0) is 23.8 Å². The number of carbonyl (C=O) groups is 1. The third kappa shape index (κ3) is 4.15. The zero-order valence-electron chi connectivity index (χ0n) is 16.7. The van der Waals surface area contributed by atoms with Crippen molar-refractivity contribution in [2.75, 3.05) is 0 Å². The predicted octanol–water partition coefficient (Wildman–Crippen LogP) is 6.04. The van der Waals surface area contributed by atoms with Crippen molar-refractivity contribution in [1.29, 1.82) is 5.26 Å². The number of rotatable bonds is 6. The number of non-ortho nitro benzene ring substituents is 1. The van der Waals surface area contributed by atoms with E-state index >= 15 is 0 Å². The average Bonchev–Trinajstić information content (AvgIpc) is 3.16. The van der Waals surface area contributed by atoms with Gasteiger partial charge in [-0.3, -0.25) is 14.9 Å². The molecule has 7 heteroatoms. The summed E-state index contributed by atoms with van der Waals surface area (Å²) < 4.78 is 2.01. The summed E-state index contributed by atoms with van der Waals surface area (Å²) in [7, 11) is 0. The number of nitro groups is 1. The predicted molar refractivity (Wildman–Crippen MR) is 124 cm³/mol. The van der Waals surface area contributed by atoms with Crippen LogP contribution in [0.15, 0.2) is 84.6 Å². The molecule has 32 heavy (non-hydrogen) atoms. The van der Waals surface area contributed by atoms with E-state index in [0.717, 1.165) is 16.5 Å². The lowest BCUT2D eigenvalue weighted by atomic mass is 10.0. The number of ketones is 1. The Hall–Kier alpha value is -4.21. The molecule has 3 aromatic carbocycles. The molecule has 4 aromatic rings. The Balaban J connectivity index is 1.76. The van der Waals surface area contributed by atoms with Gasteiger partial charge in [-0.2, -0.15) is 5.26 Å². The van der Waals surface area contributed by atoms with Gasteiger partial charge in [0.15, 0.2) is 0 Å². The fourth-order valence-electron chi connectivity index (χ4n) is 3.55. The molecule has 0 radical (unpaired) electrons. The number of halogens is 1. The first-order chi connectivity index (χ1) is 15.5. The molecule has 0 saturated heterocycles. The normalized spacial score (nSPS) is 11.3. The number of aromatic nitrogens is 1. The number of hydrogen-bond donors (Lipinski definition) is 0. The molecule has 0 bridgehead atoms. The first kappa shape index (κ1) is 21.0.